The van der Waals surface area contributed by atoms with Crippen LogP contribution in [0.25, 0.3) is 22.7 Å². The fourth-order valence-electron chi connectivity index (χ4n) is 4.37. The van der Waals surface area contributed by atoms with Crippen molar-refractivity contribution in [3.8, 4) is 23.3 Å². The number of methoxy groups -OCH3 is 2. The molecule has 0 unspecified atom stereocenters. The van der Waals surface area contributed by atoms with Gasteiger partial charge in [0.05, 0.1) is 32.0 Å². The van der Waals surface area contributed by atoms with E-state index < -0.39 is 10.1 Å². The molecule has 1 aliphatic heterocycles. The van der Waals surface area contributed by atoms with Crippen molar-refractivity contribution in [3.63, 3.8) is 0 Å². The van der Waals surface area contributed by atoms with Gasteiger partial charge in [-0.25, -0.2) is 4.98 Å². The molecule has 1 aliphatic rings. The molecule has 0 aliphatic carbocycles. The van der Waals surface area contributed by atoms with Crippen LogP contribution in [0.1, 0.15) is 29.8 Å². The highest BCUT2D eigenvalue weighted by Gasteiger charge is 2.25. The number of hydrogen-bond donors (Lipinski definition) is 0. The number of aryl methyl sites for hydroxylation is 1. The minimum atomic E-state index is -4.25. The van der Waals surface area contributed by atoms with E-state index in [1.807, 2.05) is 12.1 Å². The van der Waals surface area contributed by atoms with Gasteiger partial charge in [-0.2, -0.15) is 18.8 Å². The molecule has 194 valence electrons. The topological polar surface area (TPSA) is 138 Å². The Kier molecular flexibility index (Phi) is 6.38. The Hall–Kier alpha value is -4.63. The minimum Gasteiger partial charge on any atom is -0.493 e. The molecule has 11 nitrogen and oxygen atoms in total. The molecule has 0 bridgehead atoms. The Labute approximate surface area is 218 Å². The number of allylic oxidation sites excluding steroid dienone is 1. The molecule has 2 aromatic heterocycles. The number of aromatic nitrogens is 4. The summed E-state index contributed by atoms with van der Waals surface area (Å²) in [4.78, 5) is 17.6. The van der Waals surface area contributed by atoms with Crippen molar-refractivity contribution >= 4 is 32.8 Å². The zero-order chi connectivity index (χ0) is 27.0. The first-order valence-corrected chi connectivity index (χ1v) is 13.0. The fraction of sp³-hybridized carbons (Fsp3) is 0.231. The summed E-state index contributed by atoms with van der Waals surface area (Å²) < 4.78 is 45.5. The van der Waals surface area contributed by atoms with Crippen LogP contribution in [-0.2, 0) is 23.7 Å². The van der Waals surface area contributed by atoms with E-state index >= 15 is 0 Å². The molecule has 4 aromatic rings. The zero-order valence-corrected chi connectivity index (χ0v) is 21.7. The van der Waals surface area contributed by atoms with Crippen molar-refractivity contribution in [2.24, 2.45) is 7.05 Å². The van der Waals surface area contributed by atoms with E-state index in [2.05, 4.69) is 5.10 Å². The Morgan fingerprint density at radius 1 is 1.11 bits per heavy atom. The number of hydrogen-bond acceptors (Lipinski definition) is 9. The maximum Gasteiger partial charge on any atom is 0.339 e. The van der Waals surface area contributed by atoms with Crippen molar-refractivity contribution in [3.05, 3.63) is 69.9 Å². The minimum absolute atomic E-state index is 0.114. The lowest BCUT2D eigenvalue weighted by Gasteiger charge is -2.20. The third-order valence-corrected chi connectivity index (χ3v) is 7.49. The second kappa shape index (κ2) is 9.68. The van der Waals surface area contributed by atoms with Gasteiger partial charge in [-0.15, -0.1) is 0 Å². The second-order valence-electron chi connectivity index (χ2n) is 8.60. The van der Waals surface area contributed by atoms with Gasteiger partial charge in [-0.1, -0.05) is 0 Å². The molecular formula is C26H23N5O6S. The van der Waals surface area contributed by atoms with Crippen LogP contribution in [0.4, 0.5) is 0 Å². The van der Waals surface area contributed by atoms with Gasteiger partial charge in [-0.3, -0.25) is 14.0 Å². The van der Waals surface area contributed by atoms with Gasteiger partial charge in [0, 0.05) is 13.6 Å². The molecule has 2 aromatic carbocycles. The second-order valence-corrected chi connectivity index (χ2v) is 10.1. The molecule has 0 saturated heterocycles. The highest BCUT2D eigenvalue weighted by molar-refractivity contribution is 7.87. The Bertz CT molecular complexity index is 1770. The summed E-state index contributed by atoms with van der Waals surface area (Å²) in [6.07, 6.45) is 4.83. The monoisotopic (exact) mass is 533 g/mol. The number of nitriles is 1. The summed E-state index contributed by atoms with van der Waals surface area (Å²) in [5.41, 5.74) is 2.15. The Morgan fingerprint density at radius 2 is 1.79 bits per heavy atom. The zero-order valence-electron chi connectivity index (χ0n) is 20.8. The van der Waals surface area contributed by atoms with Crippen LogP contribution in [0.5, 0.6) is 17.2 Å². The average molecular weight is 534 g/mol. The number of ether oxygens (including phenoxy) is 2. The lowest BCUT2D eigenvalue weighted by Crippen LogP contribution is -2.27. The molecular weight excluding hydrogens is 510 g/mol. The number of rotatable bonds is 6. The highest BCUT2D eigenvalue weighted by Crippen LogP contribution is 2.41. The van der Waals surface area contributed by atoms with Crippen molar-refractivity contribution < 1.29 is 22.1 Å². The third kappa shape index (κ3) is 4.37. The smallest absolute Gasteiger partial charge is 0.339 e. The molecule has 0 fully saturated rings. The van der Waals surface area contributed by atoms with Crippen molar-refractivity contribution in [1.82, 2.24) is 19.3 Å². The Balaban J connectivity index is 1.57. The lowest BCUT2D eigenvalue weighted by molar-refractivity contribution is 0.360. The summed E-state index contributed by atoms with van der Waals surface area (Å²) in [6.45, 7) is 0.552. The first-order chi connectivity index (χ1) is 18.2. The maximum atomic E-state index is 13.0. The predicted molar refractivity (Wildman–Crippen MR) is 138 cm³/mol. The lowest BCUT2D eigenvalue weighted by atomic mass is 10.0. The molecule has 3 heterocycles. The van der Waals surface area contributed by atoms with Gasteiger partial charge in [0.2, 0.25) is 5.75 Å². The van der Waals surface area contributed by atoms with Gasteiger partial charge in [-0.05, 0) is 66.5 Å². The largest absolute Gasteiger partial charge is 0.493 e. The molecule has 0 spiro atoms. The van der Waals surface area contributed by atoms with Crippen LogP contribution in [0.15, 0.2) is 52.3 Å². The van der Waals surface area contributed by atoms with Crippen molar-refractivity contribution in [2.75, 3.05) is 14.2 Å². The van der Waals surface area contributed by atoms with Crippen LogP contribution in [0, 0.1) is 11.3 Å². The number of fused-ring (bicyclic) bond motifs is 2. The summed E-state index contributed by atoms with van der Waals surface area (Å²) in [5, 5.41) is 13.6. The summed E-state index contributed by atoms with van der Waals surface area (Å²) in [6, 6.07) is 10.6. The van der Waals surface area contributed by atoms with Crippen LogP contribution in [-0.4, -0.2) is 42.0 Å². The standard InChI is InChI=1S/C26H23N5O6S/c1-30-25-20(15-28-30)26(32)31-10-4-5-18(24(31)29-25)11-17-12-21(35-2)23(22(13-17)36-3)37-38(33,34)19-8-6-16(14-27)7-9-19/h6-9,11-13,15H,4-5,10H2,1-3H3/b18-11+. The highest BCUT2D eigenvalue weighted by atomic mass is 32.2. The van der Waals surface area contributed by atoms with Crippen molar-refractivity contribution in [2.45, 2.75) is 24.3 Å². The van der Waals surface area contributed by atoms with Gasteiger partial charge in [0.15, 0.2) is 17.1 Å². The van der Waals surface area contributed by atoms with Crippen molar-refractivity contribution in [1.29, 1.82) is 5.26 Å². The summed E-state index contributed by atoms with van der Waals surface area (Å²) in [7, 11) is 0.270. The third-order valence-electron chi connectivity index (χ3n) is 6.25. The van der Waals surface area contributed by atoms with Gasteiger partial charge < -0.3 is 13.7 Å². The fourth-order valence-corrected chi connectivity index (χ4v) is 5.32. The number of nitrogens with zero attached hydrogens (tertiary/aromatic N) is 5. The van der Waals surface area contributed by atoms with E-state index in [0.29, 0.717) is 41.0 Å². The van der Waals surface area contributed by atoms with Gasteiger partial charge in [0.25, 0.3) is 5.56 Å². The molecule has 0 radical (unpaired) electrons. The van der Waals surface area contributed by atoms with Gasteiger partial charge in [0.1, 0.15) is 16.1 Å². The van der Waals surface area contributed by atoms with Crippen LogP contribution in [0.2, 0.25) is 0 Å². The van der Waals surface area contributed by atoms with E-state index in [-0.39, 0.29) is 27.7 Å². The molecule has 0 atom stereocenters. The van der Waals surface area contributed by atoms with Gasteiger partial charge >= 0.3 is 10.1 Å². The maximum absolute atomic E-state index is 13.0. The average Bonchev–Trinajstić information content (AvgIpc) is 3.30. The molecule has 0 N–H and O–H groups in total. The van der Waals surface area contributed by atoms with E-state index in [4.69, 9.17) is 23.9 Å². The van der Waals surface area contributed by atoms with E-state index in [1.165, 1.54) is 44.7 Å². The number of benzene rings is 2. The quantitative estimate of drug-likeness (QED) is 0.342. The molecule has 38 heavy (non-hydrogen) atoms. The van der Waals surface area contributed by atoms with Crippen LogP contribution >= 0.6 is 0 Å². The summed E-state index contributed by atoms with van der Waals surface area (Å²) in [5.74, 6) is 0.712. The summed E-state index contributed by atoms with van der Waals surface area (Å²) >= 11 is 0. The normalized spacial score (nSPS) is 14.2. The first-order valence-electron chi connectivity index (χ1n) is 11.6. The van der Waals surface area contributed by atoms with Crippen LogP contribution in [0.3, 0.4) is 0 Å². The molecule has 12 heteroatoms. The SMILES string of the molecule is COc1cc(/C=C2\CCCn3c2nc2c(cnn2C)c3=O)cc(OC)c1OS(=O)(=O)c1ccc(C#N)cc1. The molecule has 5 rings (SSSR count). The molecule has 0 amide bonds. The van der Waals surface area contributed by atoms with E-state index in [1.54, 1.807) is 28.4 Å². The predicted octanol–water partition coefficient (Wildman–Crippen LogP) is 3.12. The van der Waals surface area contributed by atoms with Crippen LogP contribution < -0.4 is 19.2 Å². The van der Waals surface area contributed by atoms with E-state index in [9.17, 15) is 13.2 Å². The molecule has 0 saturated carbocycles. The first kappa shape index (κ1) is 25.0. The van der Waals surface area contributed by atoms with E-state index in [0.717, 1.165) is 12.0 Å². The Morgan fingerprint density at radius 3 is 2.42 bits per heavy atom.